The van der Waals surface area contributed by atoms with Gasteiger partial charge >= 0.3 is 0 Å². The Hall–Kier alpha value is -4.83. The number of allylic oxidation sites excluding steroid dienone is 1. The number of aliphatic hydroxyl groups is 1. The lowest BCUT2D eigenvalue weighted by Gasteiger charge is -2.25. The molecule has 0 spiro atoms. The highest BCUT2D eigenvalue weighted by Crippen LogP contribution is 2.38. The van der Waals surface area contributed by atoms with Crippen LogP contribution in [0.5, 0.6) is 5.75 Å². The van der Waals surface area contributed by atoms with Crippen LogP contribution in [0, 0.1) is 0 Å². The second-order valence-corrected chi connectivity index (χ2v) is 10.5. The molecule has 0 unspecified atom stereocenters. The third-order valence-corrected chi connectivity index (χ3v) is 7.73. The summed E-state index contributed by atoms with van der Waals surface area (Å²) in [6, 6.07) is 21.4. The number of hydrogen-bond donors (Lipinski definition) is 3. The number of hydrogen-bond acceptors (Lipinski definition) is 9. The molecule has 0 fully saturated rings. The van der Waals surface area contributed by atoms with Crippen LogP contribution in [0.1, 0.15) is 42.4 Å². The van der Waals surface area contributed by atoms with Gasteiger partial charge in [0.1, 0.15) is 17.3 Å². The van der Waals surface area contributed by atoms with Crippen molar-refractivity contribution in [2.45, 2.75) is 32.1 Å². The molecule has 1 atom stereocenters. The Kier molecular flexibility index (Phi) is 8.21. The molecule has 1 amide bonds. The first-order chi connectivity index (χ1) is 19.9. The number of thiazole rings is 1. The summed E-state index contributed by atoms with van der Waals surface area (Å²) in [7, 11) is 0. The predicted molar refractivity (Wildman–Crippen MR) is 157 cm³/mol. The number of benzene rings is 3. The second kappa shape index (κ2) is 12.1. The first kappa shape index (κ1) is 27.7. The van der Waals surface area contributed by atoms with Crippen LogP contribution in [0.25, 0.3) is 16.0 Å². The van der Waals surface area contributed by atoms with E-state index < -0.39 is 29.7 Å². The lowest BCUT2D eigenvalue weighted by Crippen LogP contribution is -2.27. The summed E-state index contributed by atoms with van der Waals surface area (Å²) in [4.78, 5) is 43.8. The van der Waals surface area contributed by atoms with E-state index in [4.69, 9.17) is 4.74 Å². The molecule has 1 aliphatic carbocycles. The van der Waals surface area contributed by atoms with E-state index in [1.54, 1.807) is 60.7 Å². The molecule has 0 bridgehead atoms. The fourth-order valence-corrected chi connectivity index (χ4v) is 5.80. The van der Waals surface area contributed by atoms with Gasteiger partial charge in [0.15, 0.2) is 16.6 Å². The van der Waals surface area contributed by atoms with E-state index in [2.05, 4.69) is 15.5 Å². The minimum Gasteiger partial charge on any atom is -0.507 e. The van der Waals surface area contributed by atoms with E-state index in [0.29, 0.717) is 34.6 Å². The summed E-state index contributed by atoms with van der Waals surface area (Å²) in [5, 5.41) is 26.7. The van der Waals surface area contributed by atoms with Gasteiger partial charge in [-0.1, -0.05) is 71.1 Å². The van der Waals surface area contributed by atoms with Crippen molar-refractivity contribution in [3.8, 4) is 5.75 Å². The molecule has 4 aromatic rings. The van der Waals surface area contributed by atoms with E-state index in [-0.39, 0.29) is 35.1 Å². The number of carbonyl (C=O) groups excluding carboxylic acids is 3. The van der Waals surface area contributed by atoms with Crippen molar-refractivity contribution in [3.05, 3.63) is 95.1 Å². The maximum atomic E-state index is 13.3. The minimum absolute atomic E-state index is 0.104. The number of fused-ring (bicyclic) bond motifs is 2. The molecule has 5 rings (SSSR count). The van der Waals surface area contributed by atoms with Gasteiger partial charge in [-0.3, -0.25) is 19.7 Å². The molecule has 10 heteroatoms. The first-order valence-electron chi connectivity index (χ1n) is 13.0. The number of ether oxygens (including phenoxy) is 1. The van der Waals surface area contributed by atoms with Crippen LogP contribution in [-0.2, 0) is 20.8 Å². The SMILES string of the molecule is CCOc1ccc2nc(NC(=O)/C(CC(=O)C[C@H](C3=C(O)c4ccccc4CC3=O)c3ccccc3)=N\O)sc2c1. The van der Waals surface area contributed by atoms with Crippen LogP contribution in [0.15, 0.2) is 83.5 Å². The standard InChI is InChI=1S/C31H27N3O6S/c1-2-40-21-12-13-24-27(17-21)41-31(32-24)33-30(38)25(34-39)16-20(35)15-23(18-8-4-3-5-9-18)28-26(36)14-19-10-6-7-11-22(19)29(28)37/h3-13,17,23,37,39H,2,14-16H2,1H3,(H,32,33,38)/b34-25-/t23-/m0/s1. The molecule has 41 heavy (non-hydrogen) atoms. The highest BCUT2D eigenvalue weighted by Gasteiger charge is 2.33. The lowest BCUT2D eigenvalue weighted by atomic mass is 9.78. The molecular weight excluding hydrogens is 542 g/mol. The van der Waals surface area contributed by atoms with E-state index in [9.17, 15) is 24.7 Å². The van der Waals surface area contributed by atoms with Crippen LogP contribution in [0.2, 0.25) is 0 Å². The van der Waals surface area contributed by atoms with E-state index >= 15 is 0 Å². The molecule has 1 aromatic heterocycles. The van der Waals surface area contributed by atoms with Gasteiger partial charge in [0.2, 0.25) is 0 Å². The topological polar surface area (TPSA) is 138 Å². The van der Waals surface area contributed by atoms with Crippen molar-refractivity contribution < 1.29 is 29.4 Å². The number of Topliss-reactive ketones (excluding diaryl/α,β-unsaturated/α-hetero) is 2. The average molecular weight is 570 g/mol. The molecule has 9 nitrogen and oxygen atoms in total. The third-order valence-electron chi connectivity index (χ3n) is 6.80. The van der Waals surface area contributed by atoms with Crippen molar-refractivity contribution >= 4 is 55.6 Å². The quantitative estimate of drug-likeness (QED) is 0.127. The third kappa shape index (κ3) is 6.02. The number of anilines is 1. The highest BCUT2D eigenvalue weighted by atomic mass is 32.1. The van der Waals surface area contributed by atoms with Gasteiger partial charge in [0, 0.05) is 29.9 Å². The van der Waals surface area contributed by atoms with Crippen molar-refractivity contribution in [2.24, 2.45) is 5.16 Å². The van der Waals surface area contributed by atoms with Gasteiger partial charge in [0.25, 0.3) is 5.91 Å². The Morgan fingerprint density at radius 1 is 1.10 bits per heavy atom. The monoisotopic (exact) mass is 569 g/mol. The number of aliphatic hydroxyl groups excluding tert-OH is 1. The summed E-state index contributed by atoms with van der Waals surface area (Å²) >= 11 is 1.22. The summed E-state index contributed by atoms with van der Waals surface area (Å²) in [5.74, 6) is -1.73. The summed E-state index contributed by atoms with van der Waals surface area (Å²) < 4.78 is 6.30. The van der Waals surface area contributed by atoms with Crippen LogP contribution in [0.3, 0.4) is 0 Å². The number of nitrogens with one attached hydrogen (secondary N) is 1. The van der Waals surface area contributed by atoms with Crippen LogP contribution in [0.4, 0.5) is 5.13 Å². The molecule has 0 radical (unpaired) electrons. The number of amides is 1. The van der Waals surface area contributed by atoms with Crippen molar-refractivity contribution in [2.75, 3.05) is 11.9 Å². The zero-order valence-corrected chi connectivity index (χ0v) is 23.0. The maximum absolute atomic E-state index is 13.3. The van der Waals surface area contributed by atoms with E-state index in [1.165, 1.54) is 11.3 Å². The average Bonchev–Trinajstić information content (AvgIpc) is 3.37. The fourth-order valence-electron chi connectivity index (χ4n) is 4.91. The van der Waals surface area contributed by atoms with Gasteiger partial charge in [-0.25, -0.2) is 4.98 Å². The Bertz CT molecular complexity index is 1690. The number of aromatic nitrogens is 1. The number of ketones is 2. The van der Waals surface area contributed by atoms with Gasteiger partial charge in [-0.05, 0) is 36.2 Å². The maximum Gasteiger partial charge on any atom is 0.275 e. The molecule has 0 saturated heterocycles. The molecule has 1 heterocycles. The Morgan fingerprint density at radius 2 is 1.85 bits per heavy atom. The lowest BCUT2D eigenvalue weighted by molar-refractivity contribution is -0.119. The molecule has 0 saturated carbocycles. The molecular formula is C31H27N3O6S. The number of oxime groups is 1. The normalized spacial score (nSPS) is 14.1. The Labute approximate surface area is 239 Å². The summed E-state index contributed by atoms with van der Waals surface area (Å²) in [6.45, 7) is 2.40. The molecule has 208 valence electrons. The van der Waals surface area contributed by atoms with Crippen molar-refractivity contribution in [1.29, 1.82) is 0 Å². The smallest absolute Gasteiger partial charge is 0.275 e. The van der Waals surface area contributed by atoms with Crippen molar-refractivity contribution in [3.63, 3.8) is 0 Å². The van der Waals surface area contributed by atoms with E-state index in [0.717, 1.165) is 4.70 Å². The van der Waals surface area contributed by atoms with Gasteiger partial charge in [-0.15, -0.1) is 0 Å². The fraction of sp³-hybridized carbons (Fsp3) is 0.194. The van der Waals surface area contributed by atoms with Crippen molar-refractivity contribution in [1.82, 2.24) is 4.98 Å². The molecule has 0 aliphatic heterocycles. The number of nitrogens with zero attached hydrogens (tertiary/aromatic N) is 2. The summed E-state index contributed by atoms with van der Waals surface area (Å²) in [6.07, 6.45) is -0.568. The minimum atomic E-state index is -0.772. The molecule has 1 aliphatic rings. The Morgan fingerprint density at radius 3 is 2.61 bits per heavy atom. The van der Waals surface area contributed by atoms with Crippen LogP contribution in [-0.4, -0.2) is 45.1 Å². The second-order valence-electron chi connectivity index (χ2n) is 9.48. The first-order valence-corrected chi connectivity index (χ1v) is 13.9. The van der Waals surface area contributed by atoms with Gasteiger partial charge < -0.3 is 15.1 Å². The van der Waals surface area contributed by atoms with Gasteiger partial charge in [0.05, 0.1) is 23.2 Å². The number of rotatable bonds is 10. The zero-order chi connectivity index (χ0) is 28.9. The predicted octanol–water partition coefficient (Wildman–Crippen LogP) is 5.69. The van der Waals surface area contributed by atoms with Gasteiger partial charge in [-0.2, -0.15) is 0 Å². The highest BCUT2D eigenvalue weighted by molar-refractivity contribution is 7.22. The summed E-state index contributed by atoms with van der Waals surface area (Å²) in [5.41, 5.74) is 2.35. The van der Waals surface area contributed by atoms with E-state index in [1.807, 2.05) is 19.1 Å². The van der Waals surface area contributed by atoms with Crippen LogP contribution < -0.4 is 10.1 Å². The zero-order valence-electron chi connectivity index (χ0n) is 22.2. The largest absolute Gasteiger partial charge is 0.507 e. The van der Waals surface area contributed by atoms with Crippen LogP contribution >= 0.6 is 11.3 Å². The molecule has 3 aromatic carbocycles. The number of carbonyl (C=O) groups is 3. The molecule has 3 N–H and O–H groups in total. The Balaban J connectivity index is 1.35.